The van der Waals surface area contributed by atoms with Gasteiger partial charge < -0.3 is 15.7 Å². The second-order valence-corrected chi connectivity index (χ2v) is 6.10. The van der Waals surface area contributed by atoms with Gasteiger partial charge in [-0.3, -0.25) is 9.59 Å². The summed E-state index contributed by atoms with van der Waals surface area (Å²) < 4.78 is 12.9. The maximum Gasteiger partial charge on any atom is 0.309 e. The number of benzene rings is 3. The van der Waals surface area contributed by atoms with Crippen molar-refractivity contribution in [3.05, 3.63) is 83.7 Å². The summed E-state index contributed by atoms with van der Waals surface area (Å²) in [5, 5.41) is 17.2. The SMILES string of the molecule is O=C(NCc1ccc(F)cc1)C(=O)NC[C@@H](O)c1cccc2ccccc12. The quantitative estimate of drug-likeness (QED) is 0.607. The summed E-state index contributed by atoms with van der Waals surface area (Å²) >= 11 is 0. The van der Waals surface area contributed by atoms with Crippen molar-refractivity contribution < 1.29 is 19.1 Å². The number of aliphatic hydroxyl groups is 1. The Morgan fingerprint density at radius 2 is 1.56 bits per heavy atom. The fraction of sp³-hybridized carbons (Fsp3) is 0.143. The average Bonchev–Trinajstić information content (AvgIpc) is 2.70. The molecule has 3 aromatic rings. The molecule has 0 aliphatic carbocycles. The lowest BCUT2D eigenvalue weighted by atomic mass is 10.0. The summed E-state index contributed by atoms with van der Waals surface area (Å²) in [6.45, 7) is 0.0230. The molecule has 0 aliphatic heterocycles. The fourth-order valence-corrected chi connectivity index (χ4v) is 2.79. The maximum absolute atomic E-state index is 12.9. The molecule has 0 fully saturated rings. The number of hydrogen-bond donors (Lipinski definition) is 3. The molecular weight excluding hydrogens is 347 g/mol. The normalized spacial score (nSPS) is 11.8. The van der Waals surface area contributed by atoms with Gasteiger partial charge in [0, 0.05) is 13.1 Å². The minimum Gasteiger partial charge on any atom is -0.387 e. The van der Waals surface area contributed by atoms with E-state index in [0.29, 0.717) is 11.1 Å². The lowest BCUT2D eigenvalue weighted by molar-refractivity contribution is -0.139. The number of fused-ring (bicyclic) bond motifs is 1. The summed E-state index contributed by atoms with van der Waals surface area (Å²) in [4.78, 5) is 23.8. The van der Waals surface area contributed by atoms with Crippen molar-refractivity contribution in [2.75, 3.05) is 6.54 Å². The highest BCUT2D eigenvalue weighted by molar-refractivity contribution is 6.35. The number of halogens is 1. The van der Waals surface area contributed by atoms with Crippen LogP contribution in [0.1, 0.15) is 17.2 Å². The van der Waals surface area contributed by atoms with E-state index < -0.39 is 17.9 Å². The topological polar surface area (TPSA) is 78.4 Å². The van der Waals surface area contributed by atoms with Crippen LogP contribution in [0.25, 0.3) is 10.8 Å². The Morgan fingerprint density at radius 1 is 0.889 bits per heavy atom. The molecule has 6 heteroatoms. The number of carbonyl (C=O) groups excluding carboxylic acids is 2. The Kier molecular flexibility index (Phi) is 5.78. The standard InChI is InChI=1S/C21H19FN2O3/c22-16-10-8-14(9-11-16)12-23-20(26)21(27)24-13-19(25)18-7-3-5-15-4-1-2-6-17(15)18/h1-11,19,25H,12-13H2,(H,23,26)(H,24,27)/t19-/m1/s1. The molecule has 0 aromatic heterocycles. The molecule has 1 atom stereocenters. The molecule has 0 radical (unpaired) electrons. The Bertz CT molecular complexity index is 952. The zero-order chi connectivity index (χ0) is 19.2. The second-order valence-electron chi connectivity index (χ2n) is 6.10. The summed E-state index contributed by atoms with van der Waals surface area (Å²) in [6.07, 6.45) is -0.940. The lowest BCUT2D eigenvalue weighted by Gasteiger charge is -2.14. The van der Waals surface area contributed by atoms with Crippen LogP contribution >= 0.6 is 0 Å². The van der Waals surface area contributed by atoms with E-state index in [0.717, 1.165) is 10.8 Å². The average molecular weight is 366 g/mol. The lowest BCUT2D eigenvalue weighted by Crippen LogP contribution is -2.41. The zero-order valence-electron chi connectivity index (χ0n) is 14.5. The van der Waals surface area contributed by atoms with Gasteiger partial charge in [0.2, 0.25) is 0 Å². The van der Waals surface area contributed by atoms with Crippen LogP contribution < -0.4 is 10.6 Å². The first-order chi connectivity index (χ1) is 13.0. The zero-order valence-corrected chi connectivity index (χ0v) is 14.5. The van der Waals surface area contributed by atoms with E-state index in [1.54, 1.807) is 6.07 Å². The van der Waals surface area contributed by atoms with Crippen molar-refractivity contribution in [3.8, 4) is 0 Å². The van der Waals surface area contributed by atoms with Crippen molar-refractivity contribution >= 4 is 22.6 Å². The van der Waals surface area contributed by atoms with Gasteiger partial charge in [-0.25, -0.2) is 4.39 Å². The first-order valence-electron chi connectivity index (χ1n) is 8.51. The van der Waals surface area contributed by atoms with E-state index in [2.05, 4.69) is 10.6 Å². The van der Waals surface area contributed by atoms with Crippen molar-refractivity contribution in [1.82, 2.24) is 10.6 Å². The van der Waals surface area contributed by atoms with Crippen LogP contribution in [0.5, 0.6) is 0 Å². The van der Waals surface area contributed by atoms with Crippen molar-refractivity contribution in [2.45, 2.75) is 12.6 Å². The molecule has 0 aliphatic rings. The molecule has 3 rings (SSSR count). The van der Waals surface area contributed by atoms with Crippen molar-refractivity contribution in [3.63, 3.8) is 0 Å². The van der Waals surface area contributed by atoms with Crippen LogP contribution in [0.3, 0.4) is 0 Å². The first-order valence-corrected chi connectivity index (χ1v) is 8.51. The van der Waals surface area contributed by atoms with E-state index >= 15 is 0 Å². The summed E-state index contributed by atoms with van der Waals surface area (Å²) in [5.41, 5.74) is 1.36. The molecule has 0 unspecified atom stereocenters. The molecule has 5 nitrogen and oxygen atoms in total. The van der Waals surface area contributed by atoms with Crippen LogP contribution in [0.15, 0.2) is 66.7 Å². The molecule has 0 bridgehead atoms. The predicted octanol–water partition coefficient (Wildman–Crippen LogP) is 2.44. The smallest absolute Gasteiger partial charge is 0.309 e. The Hall–Kier alpha value is -3.25. The van der Waals surface area contributed by atoms with E-state index in [-0.39, 0.29) is 18.9 Å². The van der Waals surface area contributed by atoms with Gasteiger partial charge >= 0.3 is 11.8 Å². The maximum atomic E-state index is 12.9. The van der Waals surface area contributed by atoms with Gasteiger partial charge in [-0.1, -0.05) is 54.6 Å². The highest BCUT2D eigenvalue weighted by Gasteiger charge is 2.16. The van der Waals surface area contributed by atoms with Gasteiger partial charge in [-0.15, -0.1) is 0 Å². The number of amides is 2. The Morgan fingerprint density at radius 3 is 2.33 bits per heavy atom. The van der Waals surface area contributed by atoms with Crippen LogP contribution in [-0.4, -0.2) is 23.5 Å². The van der Waals surface area contributed by atoms with Gasteiger partial charge in [0.15, 0.2) is 0 Å². The van der Waals surface area contributed by atoms with E-state index in [1.807, 2.05) is 36.4 Å². The van der Waals surface area contributed by atoms with Crippen LogP contribution in [0, 0.1) is 5.82 Å². The first kappa shape index (κ1) is 18.5. The number of carbonyl (C=O) groups is 2. The Labute approximate surface area is 155 Å². The summed E-state index contributed by atoms with van der Waals surface area (Å²) in [7, 11) is 0. The summed E-state index contributed by atoms with van der Waals surface area (Å²) in [6, 6.07) is 18.8. The molecule has 3 N–H and O–H groups in total. The summed E-state index contributed by atoms with van der Waals surface area (Å²) in [5.74, 6) is -2.02. The Balaban J connectivity index is 1.54. The van der Waals surface area contributed by atoms with Gasteiger partial charge in [-0.05, 0) is 34.0 Å². The van der Waals surface area contributed by atoms with Crippen LogP contribution in [0.2, 0.25) is 0 Å². The molecule has 0 spiro atoms. The highest BCUT2D eigenvalue weighted by Crippen LogP contribution is 2.23. The predicted molar refractivity (Wildman–Crippen MR) is 100 cm³/mol. The van der Waals surface area contributed by atoms with E-state index in [4.69, 9.17) is 0 Å². The second kappa shape index (κ2) is 8.42. The minimum absolute atomic E-state index is 0.0865. The molecule has 0 saturated heterocycles. The third kappa shape index (κ3) is 4.68. The van der Waals surface area contributed by atoms with E-state index in [1.165, 1.54) is 24.3 Å². The molecule has 27 heavy (non-hydrogen) atoms. The molecule has 0 heterocycles. The van der Waals surface area contributed by atoms with Crippen LogP contribution in [0.4, 0.5) is 4.39 Å². The van der Waals surface area contributed by atoms with Gasteiger partial charge in [0.1, 0.15) is 5.82 Å². The van der Waals surface area contributed by atoms with E-state index in [9.17, 15) is 19.1 Å². The number of aliphatic hydroxyl groups excluding tert-OH is 1. The highest BCUT2D eigenvalue weighted by atomic mass is 19.1. The minimum atomic E-state index is -0.940. The third-order valence-electron chi connectivity index (χ3n) is 4.21. The monoisotopic (exact) mass is 366 g/mol. The molecule has 0 saturated carbocycles. The van der Waals surface area contributed by atoms with Gasteiger partial charge in [-0.2, -0.15) is 0 Å². The molecule has 138 valence electrons. The largest absolute Gasteiger partial charge is 0.387 e. The van der Waals surface area contributed by atoms with Gasteiger partial charge in [0.05, 0.1) is 6.10 Å². The molecule has 3 aromatic carbocycles. The third-order valence-corrected chi connectivity index (χ3v) is 4.21. The molecule has 2 amide bonds. The van der Waals surface area contributed by atoms with Crippen LogP contribution in [-0.2, 0) is 16.1 Å². The number of nitrogens with one attached hydrogen (secondary N) is 2. The van der Waals surface area contributed by atoms with Gasteiger partial charge in [0.25, 0.3) is 0 Å². The van der Waals surface area contributed by atoms with Crippen molar-refractivity contribution in [1.29, 1.82) is 0 Å². The molecular formula is C21H19FN2O3. The number of hydrogen-bond acceptors (Lipinski definition) is 3. The fourth-order valence-electron chi connectivity index (χ4n) is 2.79. The van der Waals surface area contributed by atoms with Crippen molar-refractivity contribution in [2.24, 2.45) is 0 Å². The number of rotatable bonds is 5.